The van der Waals surface area contributed by atoms with Gasteiger partial charge in [-0.2, -0.15) is 0 Å². The predicted molar refractivity (Wildman–Crippen MR) is 84.8 cm³/mol. The van der Waals surface area contributed by atoms with Crippen molar-refractivity contribution in [2.24, 2.45) is 5.92 Å². The van der Waals surface area contributed by atoms with Gasteiger partial charge in [-0.1, -0.05) is 19.8 Å². The van der Waals surface area contributed by atoms with E-state index in [1.807, 2.05) is 27.7 Å². The number of hydrogen-bond donors (Lipinski definition) is 3. The maximum Gasteiger partial charge on any atom is 0.407 e. The van der Waals surface area contributed by atoms with Crippen molar-refractivity contribution in [1.82, 2.24) is 10.6 Å². The van der Waals surface area contributed by atoms with Crippen LogP contribution in [0.5, 0.6) is 0 Å². The molecule has 3 N–H and O–H groups in total. The van der Waals surface area contributed by atoms with Crippen molar-refractivity contribution < 1.29 is 19.4 Å². The Morgan fingerprint density at radius 2 is 1.91 bits per heavy atom. The Bertz CT molecular complexity index is 379. The highest BCUT2D eigenvalue weighted by atomic mass is 16.6. The Hall–Kier alpha value is -1.30. The van der Waals surface area contributed by atoms with Crippen LogP contribution in [0.2, 0.25) is 0 Å². The molecule has 0 aromatic heterocycles. The van der Waals surface area contributed by atoms with Crippen molar-refractivity contribution in [3.05, 3.63) is 0 Å². The lowest BCUT2D eigenvalue weighted by Gasteiger charge is -2.34. The molecule has 6 heteroatoms. The largest absolute Gasteiger partial charge is 0.480 e. The van der Waals surface area contributed by atoms with E-state index in [0.29, 0.717) is 13.0 Å². The normalized spacial score (nSPS) is 23.6. The first kappa shape index (κ1) is 18.7. The molecule has 0 aromatic rings. The van der Waals surface area contributed by atoms with Gasteiger partial charge in [-0.25, -0.2) is 4.79 Å². The first-order chi connectivity index (χ1) is 10.2. The monoisotopic (exact) mass is 314 g/mol. The molecule has 1 rings (SSSR count). The quantitative estimate of drug-likeness (QED) is 0.701. The molecule has 0 aromatic carbocycles. The van der Waals surface area contributed by atoms with Crippen LogP contribution in [0.15, 0.2) is 0 Å². The van der Waals surface area contributed by atoms with E-state index < -0.39 is 23.7 Å². The number of carboxylic acids is 1. The summed E-state index contributed by atoms with van der Waals surface area (Å²) in [5, 5.41) is 15.2. The molecule has 6 nitrogen and oxygen atoms in total. The maximum atomic E-state index is 11.7. The molecule has 22 heavy (non-hydrogen) atoms. The first-order valence-corrected chi connectivity index (χ1v) is 8.18. The van der Waals surface area contributed by atoms with E-state index in [0.717, 1.165) is 25.7 Å². The highest BCUT2D eigenvalue weighted by molar-refractivity contribution is 5.73. The Balaban J connectivity index is 2.51. The topological polar surface area (TPSA) is 87.7 Å². The summed E-state index contributed by atoms with van der Waals surface area (Å²) in [6.45, 7) is 7.87. The SMILES string of the molecule is CCC(NC1CCCCC1CNC(=O)OC(C)(C)C)C(=O)O. The molecule has 0 saturated heterocycles. The number of carbonyl (C=O) groups excluding carboxylic acids is 1. The lowest BCUT2D eigenvalue weighted by atomic mass is 9.84. The standard InChI is InChI=1S/C16H30N2O4/c1-5-12(14(19)20)18-13-9-7-6-8-11(13)10-17-15(21)22-16(2,3)4/h11-13,18H,5-10H2,1-4H3,(H,17,21)(H,19,20). The lowest BCUT2D eigenvalue weighted by molar-refractivity contribution is -0.140. The van der Waals surface area contributed by atoms with Crippen LogP contribution in [-0.2, 0) is 9.53 Å². The van der Waals surface area contributed by atoms with E-state index in [1.54, 1.807) is 0 Å². The van der Waals surface area contributed by atoms with E-state index in [2.05, 4.69) is 10.6 Å². The van der Waals surface area contributed by atoms with Crippen LogP contribution in [0.4, 0.5) is 4.79 Å². The summed E-state index contributed by atoms with van der Waals surface area (Å²) in [6.07, 6.45) is 4.29. The van der Waals surface area contributed by atoms with Crippen molar-refractivity contribution in [2.45, 2.75) is 77.5 Å². The van der Waals surface area contributed by atoms with Gasteiger partial charge in [0.25, 0.3) is 0 Å². The first-order valence-electron chi connectivity index (χ1n) is 8.18. The summed E-state index contributed by atoms with van der Waals surface area (Å²) in [5.74, 6) is -0.568. The van der Waals surface area contributed by atoms with Gasteiger partial charge in [0, 0.05) is 12.6 Å². The predicted octanol–water partition coefficient (Wildman–Crippen LogP) is 2.52. The number of ether oxygens (including phenoxy) is 1. The average Bonchev–Trinajstić information content (AvgIpc) is 2.41. The number of rotatable bonds is 6. The van der Waals surface area contributed by atoms with Crippen molar-refractivity contribution in [3.8, 4) is 0 Å². The molecule has 128 valence electrons. The van der Waals surface area contributed by atoms with Crippen LogP contribution >= 0.6 is 0 Å². The van der Waals surface area contributed by atoms with Crippen molar-refractivity contribution in [3.63, 3.8) is 0 Å². The van der Waals surface area contributed by atoms with Crippen LogP contribution in [0, 0.1) is 5.92 Å². The van der Waals surface area contributed by atoms with Gasteiger partial charge in [0.05, 0.1) is 0 Å². The highest BCUT2D eigenvalue weighted by Crippen LogP contribution is 2.24. The van der Waals surface area contributed by atoms with Gasteiger partial charge < -0.3 is 20.5 Å². The van der Waals surface area contributed by atoms with Crippen molar-refractivity contribution in [2.75, 3.05) is 6.54 Å². The number of nitrogens with one attached hydrogen (secondary N) is 2. The molecular weight excluding hydrogens is 284 g/mol. The zero-order valence-electron chi connectivity index (χ0n) is 14.1. The van der Waals surface area contributed by atoms with E-state index in [4.69, 9.17) is 4.74 Å². The highest BCUT2D eigenvalue weighted by Gasteiger charge is 2.29. The zero-order valence-corrected chi connectivity index (χ0v) is 14.1. The molecule has 3 atom stereocenters. The molecular formula is C16H30N2O4. The van der Waals surface area contributed by atoms with Crippen LogP contribution in [0.1, 0.15) is 59.8 Å². The Morgan fingerprint density at radius 3 is 2.45 bits per heavy atom. The number of carbonyl (C=O) groups is 2. The number of carboxylic acid groups (broad SMARTS) is 1. The number of alkyl carbamates (subject to hydrolysis) is 1. The van der Waals surface area contributed by atoms with Crippen LogP contribution < -0.4 is 10.6 Å². The van der Waals surface area contributed by atoms with Crippen LogP contribution in [0.25, 0.3) is 0 Å². The lowest BCUT2D eigenvalue weighted by Crippen LogP contribution is -2.50. The number of amides is 1. The number of hydrogen-bond acceptors (Lipinski definition) is 4. The maximum absolute atomic E-state index is 11.7. The molecule has 0 aliphatic heterocycles. The van der Waals surface area contributed by atoms with Gasteiger partial charge in [-0.05, 0) is 46.0 Å². The minimum absolute atomic E-state index is 0.129. The summed E-state index contributed by atoms with van der Waals surface area (Å²) in [7, 11) is 0. The molecule has 3 unspecified atom stereocenters. The summed E-state index contributed by atoms with van der Waals surface area (Å²) in [5.41, 5.74) is -0.509. The van der Waals surface area contributed by atoms with Gasteiger partial charge in [-0.3, -0.25) is 4.79 Å². The van der Waals surface area contributed by atoms with Gasteiger partial charge in [0.2, 0.25) is 0 Å². The molecule has 1 saturated carbocycles. The third-order valence-electron chi connectivity index (χ3n) is 3.94. The third-order valence-corrected chi connectivity index (χ3v) is 3.94. The average molecular weight is 314 g/mol. The molecule has 0 heterocycles. The minimum Gasteiger partial charge on any atom is -0.480 e. The Kier molecular flexibility index (Phi) is 7.13. The molecule has 0 spiro atoms. The second-order valence-electron chi connectivity index (χ2n) is 7.00. The van der Waals surface area contributed by atoms with Crippen molar-refractivity contribution >= 4 is 12.1 Å². The van der Waals surface area contributed by atoms with E-state index in [-0.39, 0.29) is 12.0 Å². The Labute approximate surface area is 133 Å². The summed E-state index contributed by atoms with van der Waals surface area (Å²) in [4.78, 5) is 22.9. The smallest absolute Gasteiger partial charge is 0.407 e. The third kappa shape index (κ3) is 6.64. The fourth-order valence-corrected chi connectivity index (χ4v) is 2.82. The second-order valence-corrected chi connectivity index (χ2v) is 7.00. The number of aliphatic carboxylic acids is 1. The molecule has 1 fully saturated rings. The molecule has 1 aliphatic rings. The fourth-order valence-electron chi connectivity index (χ4n) is 2.82. The van der Waals surface area contributed by atoms with E-state index >= 15 is 0 Å². The Morgan fingerprint density at radius 1 is 1.27 bits per heavy atom. The van der Waals surface area contributed by atoms with Crippen molar-refractivity contribution in [1.29, 1.82) is 0 Å². The molecule has 0 bridgehead atoms. The fraction of sp³-hybridized carbons (Fsp3) is 0.875. The van der Waals surface area contributed by atoms with Crippen LogP contribution in [0.3, 0.4) is 0 Å². The van der Waals surface area contributed by atoms with E-state index in [1.165, 1.54) is 0 Å². The zero-order chi connectivity index (χ0) is 16.8. The summed E-state index contributed by atoms with van der Waals surface area (Å²) < 4.78 is 5.24. The summed E-state index contributed by atoms with van der Waals surface area (Å²) in [6, 6.07) is -0.392. The van der Waals surface area contributed by atoms with Gasteiger partial charge in [-0.15, -0.1) is 0 Å². The van der Waals surface area contributed by atoms with Gasteiger partial charge >= 0.3 is 12.1 Å². The molecule has 0 radical (unpaired) electrons. The van der Waals surface area contributed by atoms with Gasteiger partial charge in [0.1, 0.15) is 11.6 Å². The van der Waals surface area contributed by atoms with E-state index in [9.17, 15) is 14.7 Å². The molecule has 1 amide bonds. The second kappa shape index (κ2) is 8.36. The summed E-state index contributed by atoms with van der Waals surface area (Å²) >= 11 is 0. The molecule has 1 aliphatic carbocycles. The van der Waals surface area contributed by atoms with Gasteiger partial charge in [0.15, 0.2) is 0 Å². The van der Waals surface area contributed by atoms with Crippen LogP contribution in [-0.4, -0.2) is 41.4 Å². The minimum atomic E-state index is -0.813.